The summed E-state index contributed by atoms with van der Waals surface area (Å²) in [4.78, 5) is 11.7. The maximum absolute atomic E-state index is 15.1. The Morgan fingerprint density at radius 1 is 0.911 bits per heavy atom. The fourth-order valence-corrected chi connectivity index (χ4v) is 5.74. The Hall–Kier alpha value is -3.15. The topological polar surface area (TPSA) is 70.6 Å². The SMILES string of the molecule is CCOC(=O)CCCCCc1cccc([C@@](Cc2ccccc2)(N[S@+]([O-])C(C)(C)C)c2cc(F)cc(OC(F)(F)C(F)F)c2)c1. The van der Waals surface area contributed by atoms with Crippen molar-refractivity contribution in [3.05, 3.63) is 101 Å². The molecule has 0 bridgehead atoms. The van der Waals surface area contributed by atoms with E-state index >= 15 is 4.39 Å². The van der Waals surface area contributed by atoms with E-state index in [4.69, 9.17) is 4.74 Å². The Labute approximate surface area is 264 Å². The van der Waals surface area contributed by atoms with Crippen molar-refractivity contribution in [2.24, 2.45) is 0 Å². The number of esters is 1. The number of carbonyl (C=O) groups is 1. The summed E-state index contributed by atoms with van der Waals surface area (Å²) in [7, 11) is 0. The lowest BCUT2D eigenvalue weighted by molar-refractivity contribution is -0.253. The third-order valence-corrected chi connectivity index (χ3v) is 8.72. The Bertz CT molecular complexity index is 1390. The fourth-order valence-electron chi connectivity index (χ4n) is 4.81. The lowest BCUT2D eigenvalue weighted by atomic mass is 9.78. The van der Waals surface area contributed by atoms with Crippen LogP contribution >= 0.6 is 0 Å². The second-order valence-electron chi connectivity index (χ2n) is 11.8. The molecule has 0 radical (unpaired) electrons. The Kier molecular flexibility index (Phi) is 12.8. The quantitative estimate of drug-likeness (QED) is 0.0730. The lowest BCUT2D eigenvalue weighted by Crippen LogP contribution is -2.53. The normalized spacial score (nSPS) is 14.2. The highest BCUT2D eigenvalue weighted by Gasteiger charge is 2.46. The minimum atomic E-state index is -4.86. The molecule has 0 aliphatic heterocycles. The van der Waals surface area contributed by atoms with Gasteiger partial charge in [0.05, 0.1) is 6.61 Å². The summed E-state index contributed by atoms with van der Waals surface area (Å²) in [5, 5.41) is 0. The third-order valence-electron chi connectivity index (χ3n) is 7.08. The number of ether oxygens (including phenoxy) is 2. The van der Waals surface area contributed by atoms with Gasteiger partial charge in [-0.1, -0.05) is 61.0 Å². The molecule has 0 aliphatic carbocycles. The van der Waals surface area contributed by atoms with Crippen LogP contribution in [0, 0.1) is 5.82 Å². The molecule has 11 heteroatoms. The van der Waals surface area contributed by atoms with Crippen molar-refractivity contribution in [2.75, 3.05) is 6.61 Å². The number of alkyl halides is 4. The van der Waals surface area contributed by atoms with Crippen LogP contribution in [0.1, 0.15) is 75.6 Å². The second-order valence-corrected chi connectivity index (χ2v) is 13.7. The summed E-state index contributed by atoms with van der Waals surface area (Å²) >= 11 is -1.77. The summed E-state index contributed by atoms with van der Waals surface area (Å²) in [5.74, 6) is -2.03. The van der Waals surface area contributed by atoms with Crippen LogP contribution in [0.5, 0.6) is 5.75 Å². The van der Waals surface area contributed by atoms with Gasteiger partial charge in [0.25, 0.3) is 0 Å². The molecule has 0 amide bonds. The first-order valence-electron chi connectivity index (χ1n) is 14.8. The van der Waals surface area contributed by atoms with E-state index in [0.29, 0.717) is 37.5 Å². The summed E-state index contributed by atoms with van der Waals surface area (Å²) in [5.41, 5.74) is 0.812. The van der Waals surface area contributed by atoms with E-state index in [9.17, 15) is 26.9 Å². The highest BCUT2D eigenvalue weighted by Crippen LogP contribution is 2.39. The maximum Gasteiger partial charge on any atom is 0.461 e. The predicted molar refractivity (Wildman–Crippen MR) is 165 cm³/mol. The average molecular weight is 654 g/mol. The fraction of sp³-hybridized carbons (Fsp3) is 0.441. The molecule has 3 aromatic carbocycles. The van der Waals surface area contributed by atoms with Gasteiger partial charge < -0.3 is 14.0 Å². The molecule has 3 rings (SSSR count). The van der Waals surface area contributed by atoms with Gasteiger partial charge in [-0.2, -0.15) is 17.6 Å². The van der Waals surface area contributed by atoms with Gasteiger partial charge in [0, 0.05) is 30.3 Å². The number of aryl methyl sites for hydroxylation is 1. The largest absolute Gasteiger partial charge is 0.598 e. The van der Waals surface area contributed by atoms with Crippen molar-refractivity contribution in [3.8, 4) is 5.75 Å². The number of rotatable bonds is 16. The summed E-state index contributed by atoms with van der Waals surface area (Å²) in [6.45, 7) is 7.33. The first-order chi connectivity index (χ1) is 21.2. The highest BCUT2D eigenvalue weighted by molar-refractivity contribution is 7.90. The second kappa shape index (κ2) is 15.9. The standard InChI is InChI=1S/C34H40F5NO4S/c1-5-43-30(41)18-11-7-8-13-24-16-12-17-26(19-24)33(40-45(42)32(2,3)4,23-25-14-9-6-10-15-25)27-20-28(35)22-29(21-27)44-34(38,39)31(36)37/h6,9-10,12,14-17,19-22,31,40H,5,7-8,11,13,18,23H2,1-4H3/t33-,45-/m1/s1. The van der Waals surface area contributed by atoms with E-state index < -0.39 is 45.7 Å². The van der Waals surface area contributed by atoms with Crippen molar-refractivity contribution in [1.29, 1.82) is 0 Å². The molecule has 2 atom stereocenters. The Morgan fingerprint density at radius 2 is 1.60 bits per heavy atom. The lowest BCUT2D eigenvalue weighted by Gasteiger charge is -2.39. The zero-order chi connectivity index (χ0) is 33.3. The maximum atomic E-state index is 15.1. The van der Waals surface area contributed by atoms with Crippen LogP contribution in [0.4, 0.5) is 22.0 Å². The molecule has 0 spiro atoms. The molecule has 0 fully saturated rings. The zero-order valence-corrected chi connectivity index (χ0v) is 26.7. The summed E-state index contributed by atoms with van der Waals surface area (Å²) in [6.07, 6.45) is -5.74. The van der Waals surface area contributed by atoms with Crippen LogP contribution in [0.3, 0.4) is 0 Å². The zero-order valence-electron chi connectivity index (χ0n) is 25.9. The molecular formula is C34H40F5NO4S. The summed E-state index contributed by atoms with van der Waals surface area (Å²) < 4.78 is 94.5. The van der Waals surface area contributed by atoms with Gasteiger partial charge >= 0.3 is 18.5 Å². The van der Waals surface area contributed by atoms with E-state index in [1.165, 1.54) is 0 Å². The molecular weight excluding hydrogens is 613 g/mol. The molecule has 246 valence electrons. The van der Waals surface area contributed by atoms with E-state index in [1.807, 2.05) is 30.3 Å². The van der Waals surface area contributed by atoms with Crippen LogP contribution in [-0.2, 0) is 39.3 Å². The van der Waals surface area contributed by atoms with Gasteiger partial charge in [0.15, 0.2) is 0 Å². The third kappa shape index (κ3) is 10.4. The Balaban J connectivity index is 2.12. The molecule has 0 saturated heterocycles. The van der Waals surface area contributed by atoms with Crippen LogP contribution in [-0.4, -0.2) is 34.4 Å². The minimum Gasteiger partial charge on any atom is -0.598 e. The van der Waals surface area contributed by atoms with Crippen molar-refractivity contribution < 1.29 is 40.8 Å². The molecule has 3 aromatic rings. The number of hydrogen-bond acceptors (Lipinski definition) is 5. The van der Waals surface area contributed by atoms with Crippen molar-refractivity contribution >= 4 is 17.3 Å². The van der Waals surface area contributed by atoms with Crippen LogP contribution in [0.2, 0.25) is 0 Å². The van der Waals surface area contributed by atoms with E-state index in [1.54, 1.807) is 52.0 Å². The monoisotopic (exact) mass is 653 g/mol. The molecule has 0 aromatic heterocycles. The molecule has 0 heterocycles. The number of carbonyl (C=O) groups excluding carboxylic acids is 1. The van der Waals surface area contributed by atoms with Gasteiger partial charge in [-0.3, -0.25) is 4.79 Å². The molecule has 45 heavy (non-hydrogen) atoms. The van der Waals surface area contributed by atoms with Gasteiger partial charge in [0.1, 0.15) is 21.9 Å². The first kappa shape index (κ1) is 36.3. The number of hydrogen-bond donors (Lipinski definition) is 1. The van der Waals surface area contributed by atoms with Gasteiger partial charge in [-0.25, -0.2) is 4.39 Å². The number of benzene rings is 3. The van der Waals surface area contributed by atoms with Crippen molar-refractivity contribution in [1.82, 2.24) is 4.72 Å². The van der Waals surface area contributed by atoms with E-state index in [0.717, 1.165) is 36.1 Å². The van der Waals surface area contributed by atoms with Gasteiger partial charge in [0.2, 0.25) is 0 Å². The predicted octanol–water partition coefficient (Wildman–Crippen LogP) is 8.27. The Morgan fingerprint density at radius 3 is 2.24 bits per heavy atom. The van der Waals surface area contributed by atoms with Crippen molar-refractivity contribution in [2.45, 2.75) is 89.0 Å². The van der Waals surface area contributed by atoms with Crippen molar-refractivity contribution in [3.63, 3.8) is 0 Å². The van der Waals surface area contributed by atoms with E-state index in [2.05, 4.69) is 9.46 Å². The molecule has 0 saturated carbocycles. The van der Waals surface area contributed by atoms with Gasteiger partial charge in [-0.05, 0) is 81.3 Å². The number of halogens is 5. The smallest absolute Gasteiger partial charge is 0.461 e. The highest BCUT2D eigenvalue weighted by atomic mass is 32.2. The van der Waals surface area contributed by atoms with E-state index in [-0.39, 0.29) is 18.0 Å². The molecule has 0 unspecified atom stereocenters. The number of unbranched alkanes of at least 4 members (excludes halogenated alkanes) is 2. The summed E-state index contributed by atoms with van der Waals surface area (Å²) in [6, 6.07) is 19.2. The van der Waals surface area contributed by atoms with Gasteiger partial charge in [-0.15, -0.1) is 4.72 Å². The molecule has 1 N–H and O–H groups in total. The minimum absolute atomic E-state index is 0.0654. The molecule has 5 nitrogen and oxygen atoms in total. The first-order valence-corrected chi connectivity index (χ1v) is 16.0. The van der Waals surface area contributed by atoms with Crippen LogP contribution < -0.4 is 9.46 Å². The average Bonchev–Trinajstić information content (AvgIpc) is 2.96. The van der Waals surface area contributed by atoms with Crippen LogP contribution in [0.25, 0.3) is 0 Å². The molecule has 0 aliphatic rings. The number of nitrogens with one attached hydrogen (secondary N) is 1. The van der Waals surface area contributed by atoms with Crippen LogP contribution in [0.15, 0.2) is 72.8 Å².